The molecule has 3 aromatic rings. The zero-order valence-corrected chi connectivity index (χ0v) is 24.6. The first kappa shape index (κ1) is 27.4. The van der Waals surface area contributed by atoms with E-state index in [0.29, 0.717) is 37.3 Å². The molecule has 2 heterocycles. The summed E-state index contributed by atoms with van der Waals surface area (Å²) in [6.45, 7) is 2.35. The number of carbonyl (C=O) groups is 2. The van der Waals surface area contributed by atoms with Crippen molar-refractivity contribution in [1.82, 2.24) is 10.2 Å². The molecular weight excluding hydrogens is 556 g/mol. The lowest BCUT2D eigenvalue weighted by Crippen LogP contribution is -2.72. The smallest absolute Gasteiger partial charge is 0.255 e. The number of ketones is 1. The third-order valence-corrected chi connectivity index (χ3v) is 10.5. The number of ether oxygens (including phenoxy) is 2. The first-order chi connectivity index (χ1) is 21.3. The van der Waals surface area contributed by atoms with Gasteiger partial charge in [-0.25, -0.2) is 0 Å². The molecule has 5 aliphatic rings. The van der Waals surface area contributed by atoms with E-state index < -0.39 is 11.0 Å². The van der Waals surface area contributed by atoms with E-state index in [-0.39, 0.29) is 42.3 Å². The first-order valence-corrected chi connectivity index (χ1v) is 15.7. The van der Waals surface area contributed by atoms with Crippen molar-refractivity contribution in [2.45, 2.75) is 55.6 Å². The lowest BCUT2D eigenvalue weighted by atomic mass is 9.51. The number of rotatable bonds is 7. The van der Waals surface area contributed by atoms with E-state index >= 15 is 0 Å². The molecule has 3 N–H and O–H groups in total. The SMILES string of the molecule is O=C1C=C[C@@]2(O)C3Cc4ccc(C(=O)NCCc5ccc(-c6ccc7c(c6)OCO7)cc5)c(O)c4C2(CCN3CC2CC2)C1. The van der Waals surface area contributed by atoms with Crippen LogP contribution in [0, 0.1) is 5.92 Å². The van der Waals surface area contributed by atoms with E-state index in [1.165, 1.54) is 18.9 Å². The van der Waals surface area contributed by atoms with Crippen molar-refractivity contribution in [3.05, 3.63) is 89.0 Å². The fourth-order valence-electron chi connectivity index (χ4n) is 8.00. The summed E-state index contributed by atoms with van der Waals surface area (Å²) in [6, 6.07) is 17.5. The van der Waals surface area contributed by atoms with Crippen LogP contribution in [0.2, 0.25) is 0 Å². The van der Waals surface area contributed by atoms with Gasteiger partial charge in [-0.05, 0) is 97.2 Å². The third-order valence-electron chi connectivity index (χ3n) is 10.5. The molecule has 3 aliphatic carbocycles. The van der Waals surface area contributed by atoms with Crippen LogP contribution in [0.4, 0.5) is 0 Å². The van der Waals surface area contributed by atoms with E-state index in [2.05, 4.69) is 10.2 Å². The fourth-order valence-corrected chi connectivity index (χ4v) is 8.00. The Bertz CT molecular complexity index is 1700. The normalized spacial score (nSPS) is 26.7. The van der Waals surface area contributed by atoms with Crippen LogP contribution in [-0.4, -0.2) is 64.9 Å². The van der Waals surface area contributed by atoms with Gasteiger partial charge in [0.1, 0.15) is 11.4 Å². The minimum atomic E-state index is -1.28. The average Bonchev–Trinajstić information content (AvgIpc) is 3.71. The molecule has 1 amide bonds. The number of allylic oxidation sites excluding steroid dienone is 1. The Balaban J connectivity index is 0.995. The summed E-state index contributed by atoms with van der Waals surface area (Å²) >= 11 is 0. The quantitative estimate of drug-likeness (QED) is 0.376. The van der Waals surface area contributed by atoms with Gasteiger partial charge < -0.3 is 25.0 Å². The zero-order chi connectivity index (χ0) is 30.1. The van der Waals surface area contributed by atoms with Gasteiger partial charge in [0.15, 0.2) is 17.3 Å². The summed E-state index contributed by atoms with van der Waals surface area (Å²) in [5.74, 6) is 1.64. The molecule has 3 atom stereocenters. The van der Waals surface area contributed by atoms with Gasteiger partial charge in [-0.1, -0.05) is 36.4 Å². The molecular formula is C36H36N2O6. The Labute approximate surface area is 256 Å². The number of nitrogens with zero attached hydrogens (tertiary/aromatic N) is 1. The zero-order valence-electron chi connectivity index (χ0n) is 24.6. The van der Waals surface area contributed by atoms with Crippen molar-refractivity contribution in [3.8, 4) is 28.4 Å². The van der Waals surface area contributed by atoms with Crippen molar-refractivity contribution in [2.75, 3.05) is 26.4 Å². The van der Waals surface area contributed by atoms with Crippen molar-refractivity contribution in [3.63, 3.8) is 0 Å². The minimum absolute atomic E-state index is 0.0595. The Kier molecular flexibility index (Phi) is 6.36. The summed E-state index contributed by atoms with van der Waals surface area (Å²) in [4.78, 5) is 28.6. The molecule has 8 nitrogen and oxygen atoms in total. The van der Waals surface area contributed by atoms with Crippen LogP contribution in [-0.2, 0) is 23.1 Å². The Morgan fingerprint density at radius 2 is 1.82 bits per heavy atom. The molecule has 0 radical (unpaired) electrons. The Morgan fingerprint density at radius 1 is 1.02 bits per heavy atom. The van der Waals surface area contributed by atoms with Crippen LogP contribution in [0.25, 0.3) is 11.1 Å². The van der Waals surface area contributed by atoms with E-state index in [4.69, 9.17) is 9.47 Å². The molecule has 8 rings (SSSR count). The molecule has 1 saturated heterocycles. The molecule has 2 fully saturated rings. The van der Waals surface area contributed by atoms with E-state index in [1.807, 2.05) is 48.5 Å². The number of likely N-dealkylation sites (tertiary alicyclic amines) is 1. The van der Waals surface area contributed by atoms with E-state index in [1.54, 1.807) is 12.1 Å². The van der Waals surface area contributed by atoms with Gasteiger partial charge >= 0.3 is 0 Å². The summed E-state index contributed by atoms with van der Waals surface area (Å²) in [5.41, 5.74) is 2.62. The minimum Gasteiger partial charge on any atom is -0.507 e. The summed E-state index contributed by atoms with van der Waals surface area (Å²) in [7, 11) is 0. The van der Waals surface area contributed by atoms with Gasteiger partial charge in [-0.15, -0.1) is 0 Å². The number of phenolic OH excluding ortho intramolecular Hbond substituents is 1. The summed E-state index contributed by atoms with van der Waals surface area (Å²) in [6.07, 6.45) is 7.50. The highest BCUT2D eigenvalue weighted by Gasteiger charge is 2.64. The number of benzene rings is 3. The lowest BCUT2D eigenvalue weighted by molar-refractivity contribution is -0.139. The van der Waals surface area contributed by atoms with Crippen LogP contribution in [0.5, 0.6) is 17.2 Å². The number of phenols is 1. The van der Waals surface area contributed by atoms with Crippen LogP contribution < -0.4 is 14.8 Å². The van der Waals surface area contributed by atoms with Crippen molar-refractivity contribution in [2.24, 2.45) is 5.92 Å². The maximum atomic E-state index is 13.4. The first-order valence-electron chi connectivity index (χ1n) is 15.7. The number of fused-ring (bicyclic) bond motifs is 2. The Morgan fingerprint density at radius 3 is 2.64 bits per heavy atom. The van der Waals surface area contributed by atoms with Gasteiger partial charge in [0.2, 0.25) is 6.79 Å². The number of aromatic hydroxyl groups is 1. The van der Waals surface area contributed by atoms with E-state index in [9.17, 15) is 19.8 Å². The number of nitrogens with one attached hydrogen (secondary N) is 1. The summed E-state index contributed by atoms with van der Waals surface area (Å²) < 4.78 is 10.9. The highest BCUT2D eigenvalue weighted by molar-refractivity contribution is 5.98. The van der Waals surface area contributed by atoms with Crippen molar-refractivity contribution < 1.29 is 29.3 Å². The standard InChI is InChI=1S/C36H36N2O6/c39-27-11-13-36(42)31-18-26-7-9-28(33(40)32(26)35(36,19-27)14-16-38(31)20-23-1-2-23)34(41)37-15-12-22-3-5-24(6-4-22)25-8-10-29-30(17-25)44-21-43-29/h3-11,13,17,23,31,40,42H,1-2,12,14-16,18-21H2,(H,37,41)/t31?,35?,36-/m1/s1. The summed E-state index contributed by atoms with van der Waals surface area (Å²) in [5, 5.41) is 26.9. The maximum absolute atomic E-state index is 13.4. The van der Waals surface area contributed by atoms with Crippen LogP contribution in [0.1, 0.15) is 52.7 Å². The number of hydrogen-bond donors (Lipinski definition) is 3. The molecule has 2 unspecified atom stereocenters. The molecule has 0 aromatic heterocycles. The number of aliphatic hydroxyl groups is 1. The topological polar surface area (TPSA) is 108 Å². The molecule has 226 valence electrons. The average molecular weight is 593 g/mol. The van der Waals surface area contributed by atoms with Gasteiger partial charge in [0, 0.05) is 36.5 Å². The van der Waals surface area contributed by atoms with Gasteiger partial charge in [-0.2, -0.15) is 0 Å². The number of hydrogen-bond acceptors (Lipinski definition) is 7. The molecule has 2 bridgehead atoms. The predicted octanol–water partition coefficient (Wildman–Crippen LogP) is 4.30. The molecule has 0 spiro atoms. The van der Waals surface area contributed by atoms with Crippen LogP contribution in [0.15, 0.2) is 66.7 Å². The second kappa shape index (κ2) is 10.2. The van der Waals surface area contributed by atoms with Crippen LogP contribution >= 0.6 is 0 Å². The molecule has 8 heteroatoms. The highest BCUT2D eigenvalue weighted by Crippen LogP contribution is 2.58. The maximum Gasteiger partial charge on any atom is 0.255 e. The largest absolute Gasteiger partial charge is 0.507 e. The second-order valence-electron chi connectivity index (χ2n) is 13.1. The van der Waals surface area contributed by atoms with E-state index in [0.717, 1.165) is 46.8 Å². The lowest BCUT2D eigenvalue weighted by Gasteiger charge is -2.61. The monoisotopic (exact) mass is 592 g/mol. The van der Waals surface area contributed by atoms with Crippen molar-refractivity contribution >= 4 is 11.7 Å². The van der Waals surface area contributed by atoms with Crippen LogP contribution in [0.3, 0.4) is 0 Å². The van der Waals surface area contributed by atoms with Crippen molar-refractivity contribution in [1.29, 1.82) is 0 Å². The highest BCUT2D eigenvalue weighted by atomic mass is 16.7. The third kappa shape index (κ3) is 4.34. The predicted molar refractivity (Wildman–Crippen MR) is 164 cm³/mol. The van der Waals surface area contributed by atoms with Gasteiger partial charge in [-0.3, -0.25) is 14.5 Å². The Hall–Kier alpha value is -4.14. The molecule has 44 heavy (non-hydrogen) atoms. The van der Waals surface area contributed by atoms with Gasteiger partial charge in [0.05, 0.1) is 5.56 Å². The number of amides is 1. The number of carbonyl (C=O) groups excluding carboxylic acids is 2. The molecule has 2 aliphatic heterocycles. The second-order valence-corrected chi connectivity index (χ2v) is 13.1. The number of piperidine rings is 1. The molecule has 1 saturated carbocycles. The van der Waals surface area contributed by atoms with Gasteiger partial charge in [0.25, 0.3) is 5.91 Å². The fraction of sp³-hybridized carbons (Fsp3) is 0.389. The molecule has 3 aromatic carbocycles.